The zero-order valence-electron chi connectivity index (χ0n) is 13.5. The molecule has 1 fully saturated rings. The molecule has 0 radical (unpaired) electrons. The second-order valence-corrected chi connectivity index (χ2v) is 5.97. The molecular formula is C16H15ClN6O2. The number of aromatic nitrogens is 5. The number of hydrogen-bond acceptors (Lipinski definition) is 8. The van der Waals surface area contributed by atoms with Crippen molar-refractivity contribution in [1.29, 1.82) is 0 Å². The van der Waals surface area contributed by atoms with Crippen molar-refractivity contribution in [3.05, 3.63) is 41.5 Å². The fourth-order valence-corrected chi connectivity index (χ4v) is 3.08. The highest BCUT2D eigenvalue weighted by atomic mass is 35.5. The van der Waals surface area contributed by atoms with Gasteiger partial charge < -0.3 is 14.2 Å². The summed E-state index contributed by atoms with van der Waals surface area (Å²) in [5.41, 5.74) is 0.608. The average Bonchev–Trinajstić information content (AvgIpc) is 3.32. The van der Waals surface area contributed by atoms with E-state index >= 15 is 0 Å². The molecular weight excluding hydrogens is 344 g/mol. The van der Waals surface area contributed by atoms with Gasteiger partial charge in [0.1, 0.15) is 5.02 Å². The molecule has 4 heterocycles. The summed E-state index contributed by atoms with van der Waals surface area (Å²) < 4.78 is 10.7. The number of rotatable bonds is 4. The molecule has 0 saturated carbocycles. The summed E-state index contributed by atoms with van der Waals surface area (Å²) >= 11 is 6.02. The molecule has 25 heavy (non-hydrogen) atoms. The quantitative estimate of drug-likeness (QED) is 0.703. The third-order valence-corrected chi connectivity index (χ3v) is 4.31. The summed E-state index contributed by atoms with van der Waals surface area (Å²) in [7, 11) is 1.53. The van der Waals surface area contributed by atoms with Crippen molar-refractivity contribution in [2.75, 3.05) is 18.6 Å². The second kappa shape index (κ2) is 6.64. The zero-order valence-corrected chi connectivity index (χ0v) is 14.2. The third kappa shape index (κ3) is 3.00. The van der Waals surface area contributed by atoms with Crippen LogP contribution in [-0.2, 0) is 0 Å². The van der Waals surface area contributed by atoms with Gasteiger partial charge in [0.15, 0.2) is 17.3 Å². The molecule has 1 atom stereocenters. The van der Waals surface area contributed by atoms with Crippen LogP contribution in [0.25, 0.3) is 11.5 Å². The van der Waals surface area contributed by atoms with Gasteiger partial charge in [0.25, 0.3) is 0 Å². The molecule has 8 nitrogen and oxygen atoms in total. The lowest BCUT2D eigenvalue weighted by atomic mass is 10.1. The second-order valence-electron chi connectivity index (χ2n) is 5.57. The van der Waals surface area contributed by atoms with E-state index in [1.807, 2.05) is 6.07 Å². The predicted octanol–water partition coefficient (Wildman–Crippen LogP) is 2.93. The van der Waals surface area contributed by atoms with Crippen LogP contribution in [0.2, 0.25) is 5.02 Å². The summed E-state index contributed by atoms with van der Waals surface area (Å²) in [5, 5.41) is 4.47. The van der Waals surface area contributed by atoms with E-state index < -0.39 is 0 Å². The van der Waals surface area contributed by atoms with Gasteiger partial charge in [0, 0.05) is 25.0 Å². The number of anilines is 1. The Morgan fingerprint density at radius 3 is 2.92 bits per heavy atom. The van der Waals surface area contributed by atoms with E-state index in [4.69, 9.17) is 20.9 Å². The summed E-state index contributed by atoms with van der Waals surface area (Å²) in [6, 6.07) is 3.62. The SMILES string of the molecule is COc1nc(N2CCCC2c2cc(-c3ncccn3)no2)ncc1Cl. The van der Waals surface area contributed by atoms with E-state index in [-0.39, 0.29) is 6.04 Å². The van der Waals surface area contributed by atoms with Crippen molar-refractivity contribution < 1.29 is 9.26 Å². The summed E-state index contributed by atoms with van der Waals surface area (Å²) in [6.45, 7) is 0.813. The highest BCUT2D eigenvalue weighted by Gasteiger charge is 2.32. The van der Waals surface area contributed by atoms with Gasteiger partial charge in [-0.25, -0.2) is 15.0 Å². The number of ether oxygens (including phenoxy) is 1. The first-order valence-electron chi connectivity index (χ1n) is 7.83. The zero-order chi connectivity index (χ0) is 17.2. The standard InChI is InChI=1S/C16H15ClN6O2/c1-24-15-10(17)9-20-16(21-15)23-7-2-4-12(23)13-8-11(22-25-13)14-18-5-3-6-19-14/h3,5-6,8-9,12H,2,4,7H2,1H3. The molecule has 1 aliphatic rings. The molecule has 9 heteroatoms. The van der Waals surface area contributed by atoms with Crippen molar-refractivity contribution in [3.63, 3.8) is 0 Å². The molecule has 1 saturated heterocycles. The fourth-order valence-electron chi connectivity index (χ4n) is 2.91. The maximum atomic E-state index is 6.02. The predicted molar refractivity (Wildman–Crippen MR) is 90.4 cm³/mol. The van der Waals surface area contributed by atoms with Crippen LogP contribution >= 0.6 is 11.6 Å². The minimum atomic E-state index is -0.00385. The largest absolute Gasteiger partial charge is 0.480 e. The lowest BCUT2D eigenvalue weighted by Gasteiger charge is -2.22. The van der Waals surface area contributed by atoms with Gasteiger partial charge in [0.05, 0.1) is 19.3 Å². The molecule has 0 aromatic carbocycles. The van der Waals surface area contributed by atoms with Crippen LogP contribution in [0.15, 0.2) is 35.2 Å². The summed E-state index contributed by atoms with van der Waals surface area (Å²) in [6.07, 6.45) is 6.80. The van der Waals surface area contributed by atoms with Gasteiger partial charge in [0.2, 0.25) is 11.8 Å². The molecule has 0 aliphatic carbocycles. The van der Waals surface area contributed by atoms with Crippen LogP contribution in [0, 0.1) is 0 Å². The average molecular weight is 359 g/mol. The van der Waals surface area contributed by atoms with Crippen molar-refractivity contribution in [3.8, 4) is 17.4 Å². The highest BCUT2D eigenvalue weighted by Crippen LogP contribution is 2.36. The molecule has 4 rings (SSSR count). The Morgan fingerprint density at radius 1 is 1.28 bits per heavy atom. The molecule has 1 aliphatic heterocycles. The number of hydrogen-bond donors (Lipinski definition) is 0. The molecule has 3 aromatic rings. The van der Waals surface area contributed by atoms with E-state index in [2.05, 4.69) is 30.0 Å². The Balaban J connectivity index is 1.63. The van der Waals surface area contributed by atoms with Crippen LogP contribution in [-0.4, -0.2) is 38.7 Å². The number of methoxy groups -OCH3 is 1. The molecule has 0 amide bonds. The van der Waals surface area contributed by atoms with Crippen molar-refractivity contribution in [2.24, 2.45) is 0 Å². The van der Waals surface area contributed by atoms with Gasteiger partial charge in [-0.2, -0.15) is 4.98 Å². The highest BCUT2D eigenvalue weighted by molar-refractivity contribution is 6.31. The molecule has 128 valence electrons. The first kappa shape index (κ1) is 15.8. The van der Waals surface area contributed by atoms with Gasteiger partial charge in [-0.3, -0.25) is 0 Å². The molecule has 0 N–H and O–H groups in total. The fraction of sp³-hybridized carbons (Fsp3) is 0.312. The van der Waals surface area contributed by atoms with Crippen LogP contribution < -0.4 is 9.64 Å². The van der Waals surface area contributed by atoms with Crippen molar-refractivity contribution in [2.45, 2.75) is 18.9 Å². The maximum absolute atomic E-state index is 6.02. The van der Waals surface area contributed by atoms with E-state index in [1.165, 1.54) is 7.11 Å². The molecule has 0 bridgehead atoms. The first-order valence-corrected chi connectivity index (χ1v) is 8.21. The minimum Gasteiger partial charge on any atom is -0.480 e. The topological polar surface area (TPSA) is 90.1 Å². The van der Waals surface area contributed by atoms with Gasteiger partial charge in [-0.15, -0.1) is 0 Å². The lowest BCUT2D eigenvalue weighted by molar-refractivity contribution is 0.361. The van der Waals surface area contributed by atoms with Gasteiger partial charge >= 0.3 is 0 Å². The molecule has 0 spiro atoms. The number of halogens is 1. The van der Waals surface area contributed by atoms with E-state index in [1.54, 1.807) is 24.7 Å². The lowest BCUT2D eigenvalue weighted by Crippen LogP contribution is -2.24. The van der Waals surface area contributed by atoms with E-state index in [0.29, 0.717) is 28.4 Å². The third-order valence-electron chi connectivity index (χ3n) is 4.05. The monoisotopic (exact) mass is 358 g/mol. The number of nitrogens with zero attached hydrogens (tertiary/aromatic N) is 6. The van der Waals surface area contributed by atoms with Crippen molar-refractivity contribution >= 4 is 17.5 Å². The Bertz CT molecular complexity index is 872. The van der Waals surface area contributed by atoms with E-state index in [0.717, 1.165) is 25.1 Å². The van der Waals surface area contributed by atoms with Crippen LogP contribution in [0.5, 0.6) is 5.88 Å². The van der Waals surface area contributed by atoms with Crippen LogP contribution in [0.3, 0.4) is 0 Å². The minimum absolute atomic E-state index is 0.00385. The Hall–Kier alpha value is -2.74. The Morgan fingerprint density at radius 2 is 2.12 bits per heavy atom. The van der Waals surface area contributed by atoms with Crippen LogP contribution in [0.4, 0.5) is 5.95 Å². The van der Waals surface area contributed by atoms with E-state index in [9.17, 15) is 0 Å². The normalized spacial score (nSPS) is 17.0. The van der Waals surface area contributed by atoms with Crippen LogP contribution in [0.1, 0.15) is 24.6 Å². The summed E-state index contributed by atoms with van der Waals surface area (Å²) in [4.78, 5) is 19.2. The molecule has 1 unspecified atom stereocenters. The smallest absolute Gasteiger partial charge is 0.237 e. The van der Waals surface area contributed by atoms with Gasteiger partial charge in [-0.05, 0) is 18.9 Å². The van der Waals surface area contributed by atoms with Gasteiger partial charge in [-0.1, -0.05) is 16.8 Å². The molecule has 3 aromatic heterocycles. The maximum Gasteiger partial charge on any atom is 0.237 e. The van der Waals surface area contributed by atoms with Crippen molar-refractivity contribution in [1.82, 2.24) is 25.1 Å². The first-order chi connectivity index (χ1) is 12.3. The Labute approximate surface area is 148 Å². The summed E-state index contributed by atoms with van der Waals surface area (Å²) in [5.74, 6) is 2.18. The Kier molecular flexibility index (Phi) is 4.19.